The van der Waals surface area contributed by atoms with Crippen LogP contribution in [0.2, 0.25) is 0 Å². The fraction of sp³-hybridized carbons (Fsp3) is 0.684. The summed E-state index contributed by atoms with van der Waals surface area (Å²) in [5.41, 5.74) is 1.08. The Morgan fingerprint density at radius 3 is 2.39 bits per heavy atom. The van der Waals surface area contributed by atoms with E-state index in [0.717, 1.165) is 60.2 Å². The van der Waals surface area contributed by atoms with Crippen LogP contribution in [0.1, 0.15) is 29.1 Å². The molecule has 28 heavy (non-hydrogen) atoms. The number of fused-ring (bicyclic) bond motifs is 1. The van der Waals surface area contributed by atoms with E-state index in [4.69, 9.17) is 4.98 Å². The van der Waals surface area contributed by atoms with E-state index in [1.807, 2.05) is 6.92 Å². The average molecular weight is 448 g/mol. The van der Waals surface area contributed by atoms with Gasteiger partial charge < -0.3 is 15.2 Å². The zero-order chi connectivity index (χ0) is 18.1. The molecule has 4 rings (SSSR count). The highest BCUT2D eigenvalue weighted by Crippen LogP contribution is 2.25. The van der Waals surface area contributed by atoms with Gasteiger partial charge in [0.1, 0.15) is 10.7 Å². The van der Waals surface area contributed by atoms with Gasteiger partial charge in [0.15, 0.2) is 0 Å². The van der Waals surface area contributed by atoms with E-state index in [1.54, 1.807) is 11.3 Å². The third kappa shape index (κ3) is 5.26. The van der Waals surface area contributed by atoms with Gasteiger partial charge in [-0.25, -0.2) is 4.98 Å². The van der Waals surface area contributed by atoms with Gasteiger partial charge in [0, 0.05) is 37.6 Å². The normalized spacial score (nSPS) is 19.4. The summed E-state index contributed by atoms with van der Waals surface area (Å²) >= 11 is 1.63. The number of rotatable bonds is 4. The molecule has 0 amide bonds. The molecule has 2 aliphatic rings. The summed E-state index contributed by atoms with van der Waals surface area (Å²) in [6.07, 6.45) is 2.62. The van der Waals surface area contributed by atoms with Crippen LogP contribution in [0.25, 0.3) is 10.2 Å². The number of hydrogen-bond donors (Lipinski definition) is 2. The number of aromatic amines is 1. The molecule has 2 aliphatic heterocycles. The molecule has 0 spiro atoms. The van der Waals surface area contributed by atoms with Gasteiger partial charge in [-0.05, 0) is 51.3 Å². The van der Waals surface area contributed by atoms with E-state index in [2.05, 4.69) is 27.0 Å². The summed E-state index contributed by atoms with van der Waals surface area (Å²) in [7, 11) is 0. The third-order valence-corrected chi connectivity index (χ3v) is 7.00. The molecular formula is C19H31Cl2N5OS. The first kappa shape index (κ1) is 23.6. The second-order valence-corrected chi connectivity index (χ2v) is 8.95. The van der Waals surface area contributed by atoms with Gasteiger partial charge in [0.25, 0.3) is 5.56 Å². The molecule has 158 valence electrons. The molecule has 4 heterocycles. The number of nitrogens with one attached hydrogen (secondary N) is 2. The SMILES string of the molecule is Cc1sc2nc(CN3CCN(CC4CCNCC4)CC3)[nH]c(=O)c2c1C.Cl.Cl. The van der Waals surface area contributed by atoms with Crippen LogP contribution in [-0.2, 0) is 6.54 Å². The molecule has 0 bridgehead atoms. The van der Waals surface area contributed by atoms with Crippen LogP contribution in [0, 0.1) is 19.8 Å². The van der Waals surface area contributed by atoms with E-state index in [-0.39, 0.29) is 30.4 Å². The van der Waals surface area contributed by atoms with Crippen molar-refractivity contribution in [1.82, 2.24) is 25.1 Å². The Labute approximate surface area is 182 Å². The Morgan fingerprint density at radius 2 is 1.71 bits per heavy atom. The lowest BCUT2D eigenvalue weighted by molar-refractivity contribution is 0.105. The van der Waals surface area contributed by atoms with Gasteiger partial charge in [-0.3, -0.25) is 9.69 Å². The molecule has 0 atom stereocenters. The maximum absolute atomic E-state index is 12.4. The smallest absolute Gasteiger partial charge is 0.259 e. The zero-order valence-electron chi connectivity index (χ0n) is 16.6. The molecule has 0 unspecified atom stereocenters. The van der Waals surface area contributed by atoms with Crippen LogP contribution in [0.3, 0.4) is 0 Å². The number of aromatic nitrogens is 2. The van der Waals surface area contributed by atoms with Crippen molar-refractivity contribution >= 4 is 46.4 Å². The number of H-pyrrole nitrogens is 1. The minimum absolute atomic E-state index is 0. The summed E-state index contributed by atoms with van der Waals surface area (Å²) in [5.74, 6) is 1.66. The predicted octanol–water partition coefficient (Wildman–Crippen LogP) is 2.56. The van der Waals surface area contributed by atoms with Crippen molar-refractivity contribution < 1.29 is 0 Å². The standard InChI is InChI=1S/C19H29N5OS.2ClH/c1-13-14(2)26-19-17(13)18(25)21-16(22-19)12-24-9-7-23(8-10-24)11-15-3-5-20-6-4-15;;/h15,20H,3-12H2,1-2H3,(H,21,22,25);2*1H. The summed E-state index contributed by atoms with van der Waals surface area (Å²) < 4.78 is 0. The first-order chi connectivity index (χ1) is 12.6. The fourth-order valence-electron chi connectivity index (χ4n) is 4.15. The highest BCUT2D eigenvalue weighted by molar-refractivity contribution is 7.18. The molecule has 2 N–H and O–H groups in total. The molecule has 0 aromatic carbocycles. The molecule has 0 saturated carbocycles. The summed E-state index contributed by atoms with van der Waals surface area (Å²) in [6.45, 7) is 12.7. The lowest BCUT2D eigenvalue weighted by Crippen LogP contribution is -2.48. The maximum Gasteiger partial charge on any atom is 0.259 e. The minimum Gasteiger partial charge on any atom is -0.317 e. The lowest BCUT2D eigenvalue weighted by atomic mass is 9.97. The second-order valence-electron chi connectivity index (χ2n) is 7.75. The van der Waals surface area contributed by atoms with Gasteiger partial charge in [0.05, 0.1) is 11.9 Å². The van der Waals surface area contributed by atoms with Crippen molar-refractivity contribution in [3.8, 4) is 0 Å². The van der Waals surface area contributed by atoms with Crippen LogP contribution in [0.4, 0.5) is 0 Å². The van der Waals surface area contributed by atoms with E-state index < -0.39 is 0 Å². The number of thiophene rings is 1. The van der Waals surface area contributed by atoms with Crippen molar-refractivity contribution in [2.24, 2.45) is 5.92 Å². The Hall–Kier alpha value is -0.700. The lowest BCUT2D eigenvalue weighted by Gasteiger charge is -2.37. The van der Waals surface area contributed by atoms with E-state index in [1.165, 1.54) is 37.4 Å². The minimum atomic E-state index is 0. The molecule has 2 aromatic heterocycles. The fourth-order valence-corrected chi connectivity index (χ4v) is 5.19. The van der Waals surface area contributed by atoms with Crippen molar-refractivity contribution in [3.05, 3.63) is 26.6 Å². The van der Waals surface area contributed by atoms with Gasteiger partial charge >= 0.3 is 0 Å². The predicted molar refractivity (Wildman–Crippen MR) is 122 cm³/mol. The summed E-state index contributed by atoms with van der Waals surface area (Å²) in [4.78, 5) is 27.2. The van der Waals surface area contributed by atoms with Crippen molar-refractivity contribution in [2.45, 2.75) is 33.2 Å². The number of piperazine rings is 1. The Morgan fingerprint density at radius 1 is 1.07 bits per heavy atom. The van der Waals surface area contributed by atoms with Gasteiger partial charge in [-0.2, -0.15) is 0 Å². The molecule has 2 saturated heterocycles. The quantitative estimate of drug-likeness (QED) is 0.753. The number of aryl methyl sites for hydroxylation is 2. The Kier molecular flexibility index (Phi) is 8.73. The van der Waals surface area contributed by atoms with E-state index in [0.29, 0.717) is 0 Å². The van der Waals surface area contributed by atoms with Crippen molar-refractivity contribution in [1.29, 1.82) is 0 Å². The van der Waals surface area contributed by atoms with Gasteiger partial charge in [0.2, 0.25) is 0 Å². The van der Waals surface area contributed by atoms with Crippen LogP contribution < -0.4 is 10.9 Å². The highest BCUT2D eigenvalue weighted by Gasteiger charge is 2.22. The molecule has 6 nitrogen and oxygen atoms in total. The monoisotopic (exact) mass is 447 g/mol. The average Bonchev–Trinajstić information content (AvgIpc) is 2.92. The largest absolute Gasteiger partial charge is 0.317 e. The van der Waals surface area contributed by atoms with Crippen LogP contribution in [0.5, 0.6) is 0 Å². The second kappa shape index (κ2) is 10.4. The molecular weight excluding hydrogens is 417 g/mol. The first-order valence-electron chi connectivity index (χ1n) is 9.74. The van der Waals surface area contributed by atoms with E-state index in [9.17, 15) is 4.79 Å². The molecule has 0 aliphatic carbocycles. The Balaban J connectivity index is 0.00000140. The van der Waals surface area contributed by atoms with Crippen LogP contribution >= 0.6 is 36.2 Å². The number of nitrogens with zero attached hydrogens (tertiary/aromatic N) is 3. The van der Waals surface area contributed by atoms with Gasteiger partial charge in [-0.1, -0.05) is 0 Å². The number of hydrogen-bond acceptors (Lipinski definition) is 6. The molecule has 2 aromatic rings. The maximum atomic E-state index is 12.4. The number of halogens is 2. The van der Waals surface area contributed by atoms with Gasteiger partial charge in [-0.15, -0.1) is 36.2 Å². The molecule has 0 radical (unpaired) electrons. The van der Waals surface area contributed by atoms with E-state index >= 15 is 0 Å². The number of piperidine rings is 1. The Bertz CT molecular complexity index is 826. The zero-order valence-corrected chi connectivity index (χ0v) is 19.1. The summed E-state index contributed by atoms with van der Waals surface area (Å²) in [5, 5.41) is 4.21. The van der Waals surface area contributed by atoms with Crippen LogP contribution in [0.15, 0.2) is 4.79 Å². The van der Waals surface area contributed by atoms with Crippen molar-refractivity contribution in [2.75, 3.05) is 45.8 Å². The first-order valence-corrected chi connectivity index (χ1v) is 10.6. The highest BCUT2D eigenvalue weighted by atomic mass is 35.5. The van der Waals surface area contributed by atoms with Crippen molar-refractivity contribution in [3.63, 3.8) is 0 Å². The topological polar surface area (TPSA) is 64.3 Å². The third-order valence-electron chi connectivity index (χ3n) is 5.90. The molecule has 2 fully saturated rings. The van der Waals surface area contributed by atoms with Crippen LogP contribution in [-0.4, -0.2) is 65.6 Å². The molecule has 9 heteroatoms. The summed E-state index contributed by atoms with van der Waals surface area (Å²) in [6, 6.07) is 0.